The number of hydrogen-bond donors (Lipinski definition) is 1. The van der Waals surface area contributed by atoms with Crippen LogP contribution in [0.15, 0.2) is 33.9 Å². The molecule has 1 aromatic carbocycles. The lowest BCUT2D eigenvalue weighted by Crippen LogP contribution is -2.31. The van der Waals surface area contributed by atoms with Crippen LogP contribution in [-0.4, -0.2) is 32.3 Å². The van der Waals surface area contributed by atoms with Crippen molar-refractivity contribution >= 4 is 33.0 Å². The molecule has 0 atom stereocenters. The fourth-order valence-corrected chi connectivity index (χ4v) is 5.54. The van der Waals surface area contributed by atoms with E-state index >= 15 is 0 Å². The number of benzene rings is 1. The molecule has 0 unspecified atom stereocenters. The van der Waals surface area contributed by atoms with Crippen LogP contribution in [0.25, 0.3) is 0 Å². The lowest BCUT2D eigenvalue weighted by molar-refractivity contribution is 0.0762. The first-order valence-corrected chi connectivity index (χ1v) is 11.2. The van der Waals surface area contributed by atoms with E-state index in [0.29, 0.717) is 11.3 Å². The Bertz CT molecular complexity index is 875. The topological polar surface area (TPSA) is 66.5 Å². The predicted octanol–water partition coefficient (Wildman–Crippen LogP) is 4.18. The maximum Gasteiger partial charge on any atom is 0.271 e. The molecule has 1 aliphatic heterocycles. The van der Waals surface area contributed by atoms with E-state index in [1.807, 2.05) is 36.9 Å². The number of nitrogens with one attached hydrogen (secondary N) is 1. The Morgan fingerprint density at radius 1 is 1.08 bits per heavy atom. The number of rotatable bonds is 4. The van der Waals surface area contributed by atoms with Gasteiger partial charge in [0.25, 0.3) is 15.9 Å². The van der Waals surface area contributed by atoms with Gasteiger partial charge in [-0.2, -0.15) is 0 Å². The summed E-state index contributed by atoms with van der Waals surface area (Å²) in [7, 11) is -3.71. The first-order chi connectivity index (χ1) is 12.4. The van der Waals surface area contributed by atoms with Crippen molar-refractivity contribution in [3.05, 3.63) is 46.3 Å². The molecule has 1 saturated heterocycles. The van der Waals surface area contributed by atoms with Crippen LogP contribution < -0.4 is 4.72 Å². The van der Waals surface area contributed by atoms with Gasteiger partial charge < -0.3 is 4.90 Å². The maximum atomic E-state index is 12.7. The largest absolute Gasteiger partial charge is 0.339 e. The molecule has 140 valence electrons. The van der Waals surface area contributed by atoms with Crippen LogP contribution >= 0.6 is 11.3 Å². The highest BCUT2D eigenvalue weighted by atomic mass is 32.2. The molecule has 0 spiro atoms. The van der Waals surface area contributed by atoms with Crippen molar-refractivity contribution in [2.75, 3.05) is 17.8 Å². The Balaban J connectivity index is 1.80. The van der Waals surface area contributed by atoms with Crippen molar-refractivity contribution in [3.63, 3.8) is 0 Å². The third-order valence-corrected chi connectivity index (χ3v) is 7.49. The van der Waals surface area contributed by atoms with Crippen molar-refractivity contribution < 1.29 is 13.2 Å². The first-order valence-electron chi connectivity index (χ1n) is 8.85. The summed E-state index contributed by atoms with van der Waals surface area (Å²) in [5, 5.41) is 1.65. The summed E-state index contributed by atoms with van der Waals surface area (Å²) in [4.78, 5) is 14.5. The summed E-state index contributed by atoms with van der Waals surface area (Å²) >= 11 is 1.09. The Labute approximate surface area is 159 Å². The molecule has 7 heteroatoms. The molecular weight excluding hydrogens is 368 g/mol. The first kappa shape index (κ1) is 18.9. The smallest absolute Gasteiger partial charge is 0.271 e. The number of aryl methyl sites for hydroxylation is 2. The molecular formula is C19H24N2O3S2. The molecule has 0 saturated carbocycles. The Kier molecular flexibility index (Phi) is 5.67. The third kappa shape index (κ3) is 4.10. The zero-order valence-corrected chi connectivity index (χ0v) is 16.8. The Hall–Kier alpha value is -1.86. The molecule has 26 heavy (non-hydrogen) atoms. The molecule has 2 aromatic rings. The molecule has 2 heterocycles. The van der Waals surface area contributed by atoms with E-state index in [4.69, 9.17) is 0 Å². The number of anilines is 1. The fraction of sp³-hybridized carbons (Fsp3) is 0.421. The van der Waals surface area contributed by atoms with Gasteiger partial charge in [-0.1, -0.05) is 31.0 Å². The van der Waals surface area contributed by atoms with E-state index in [1.165, 1.54) is 6.07 Å². The van der Waals surface area contributed by atoms with E-state index in [0.717, 1.165) is 61.2 Å². The van der Waals surface area contributed by atoms with Crippen LogP contribution in [0.2, 0.25) is 0 Å². The summed E-state index contributed by atoms with van der Waals surface area (Å²) in [6.07, 6.45) is 4.31. The molecule has 5 nitrogen and oxygen atoms in total. The summed E-state index contributed by atoms with van der Waals surface area (Å²) in [6.45, 7) is 5.23. The number of nitrogens with zero attached hydrogens (tertiary/aromatic N) is 1. The van der Waals surface area contributed by atoms with Crippen molar-refractivity contribution in [3.8, 4) is 0 Å². The molecule has 1 aliphatic rings. The van der Waals surface area contributed by atoms with Gasteiger partial charge in [0.2, 0.25) is 0 Å². The van der Waals surface area contributed by atoms with Gasteiger partial charge in [0.15, 0.2) is 0 Å². The van der Waals surface area contributed by atoms with E-state index < -0.39 is 10.0 Å². The number of para-hydroxylation sites is 1. The molecule has 1 N–H and O–H groups in total. The van der Waals surface area contributed by atoms with Gasteiger partial charge in [0, 0.05) is 18.5 Å². The number of amides is 1. The van der Waals surface area contributed by atoms with Gasteiger partial charge in [-0.25, -0.2) is 8.42 Å². The van der Waals surface area contributed by atoms with Crippen molar-refractivity contribution in [1.29, 1.82) is 0 Å². The molecule has 1 fully saturated rings. The minimum atomic E-state index is -3.71. The molecule has 0 bridgehead atoms. The minimum Gasteiger partial charge on any atom is -0.339 e. The van der Waals surface area contributed by atoms with Gasteiger partial charge in [-0.15, -0.1) is 11.3 Å². The second kappa shape index (κ2) is 7.80. The highest BCUT2D eigenvalue weighted by molar-refractivity contribution is 7.94. The summed E-state index contributed by atoms with van der Waals surface area (Å²) < 4.78 is 28.3. The highest BCUT2D eigenvalue weighted by Crippen LogP contribution is 2.27. The Morgan fingerprint density at radius 2 is 1.69 bits per heavy atom. The lowest BCUT2D eigenvalue weighted by atomic mass is 10.1. The SMILES string of the molecule is Cc1cccc(C)c1NS(=O)(=O)c1cc(C(=O)N2CCCCCC2)cs1. The molecule has 1 amide bonds. The lowest BCUT2D eigenvalue weighted by Gasteiger charge is -2.19. The third-order valence-electron chi connectivity index (χ3n) is 4.70. The molecule has 1 aromatic heterocycles. The van der Waals surface area contributed by atoms with Gasteiger partial charge in [0.05, 0.1) is 11.3 Å². The second-order valence-electron chi connectivity index (χ2n) is 6.73. The van der Waals surface area contributed by atoms with Crippen LogP contribution in [0.4, 0.5) is 5.69 Å². The Morgan fingerprint density at radius 3 is 2.31 bits per heavy atom. The minimum absolute atomic E-state index is 0.0725. The van der Waals surface area contributed by atoms with Crippen LogP contribution in [-0.2, 0) is 10.0 Å². The molecule has 0 aliphatic carbocycles. The van der Waals surface area contributed by atoms with Crippen LogP contribution in [0.5, 0.6) is 0 Å². The standard InChI is InChI=1S/C19H24N2O3S2/c1-14-8-7-9-15(2)18(14)20-26(23,24)17-12-16(13-25-17)19(22)21-10-5-3-4-6-11-21/h7-9,12-13,20H,3-6,10-11H2,1-2H3. The van der Waals surface area contributed by atoms with Crippen molar-refractivity contribution in [1.82, 2.24) is 4.90 Å². The zero-order chi connectivity index (χ0) is 18.7. The number of hydrogen-bond acceptors (Lipinski definition) is 4. The van der Waals surface area contributed by atoms with Crippen LogP contribution in [0, 0.1) is 13.8 Å². The summed E-state index contributed by atoms with van der Waals surface area (Å²) in [6, 6.07) is 7.13. The maximum absolute atomic E-state index is 12.7. The number of sulfonamides is 1. The van der Waals surface area contributed by atoms with Gasteiger partial charge in [-0.05, 0) is 43.9 Å². The number of likely N-dealkylation sites (tertiary alicyclic amines) is 1. The van der Waals surface area contributed by atoms with Crippen molar-refractivity contribution in [2.45, 2.75) is 43.7 Å². The number of carbonyl (C=O) groups excluding carboxylic acids is 1. The monoisotopic (exact) mass is 392 g/mol. The van der Waals surface area contributed by atoms with E-state index in [1.54, 1.807) is 5.38 Å². The van der Waals surface area contributed by atoms with Gasteiger partial charge in [0.1, 0.15) is 4.21 Å². The van der Waals surface area contributed by atoms with E-state index in [9.17, 15) is 13.2 Å². The van der Waals surface area contributed by atoms with Gasteiger partial charge >= 0.3 is 0 Å². The van der Waals surface area contributed by atoms with E-state index in [2.05, 4.69) is 4.72 Å². The van der Waals surface area contributed by atoms with Gasteiger partial charge in [-0.3, -0.25) is 9.52 Å². The average molecular weight is 393 g/mol. The number of carbonyl (C=O) groups is 1. The van der Waals surface area contributed by atoms with Crippen LogP contribution in [0.1, 0.15) is 47.2 Å². The normalized spacial score (nSPS) is 15.5. The predicted molar refractivity (Wildman–Crippen MR) is 105 cm³/mol. The molecule has 3 rings (SSSR count). The number of thiophene rings is 1. The van der Waals surface area contributed by atoms with Crippen molar-refractivity contribution in [2.24, 2.45) is 0 Å². The van der Waals surface area contributed by atoms with Crippen LogP contribution in [0.3, 0.4) is 0 Å². The fourth-order valence-electron chi connectivity index (χ4n) is 3.19. The second-order valence-corrected chi connectivity index (χ2v) is 9.55. The van der Waals surface area contributed by atoms with E-state index in [-0.39, 0.29) is 10.1 Å². The highest BCUT2D eigenvalue weighted by Gasteiger charge is 2.23. The summed E-state index contributed by atoms with van der Waals surface area (Å²) in [5.74, 6) is -0.0725. The zero-order valence-electron chi connectivity index (χ0n) is 15.1. The molecule has 0 radical (unpaired) electrons. The summed E-state index contributed by atoms with van der Waals surface area (Å²) in [5.41, 5.74) is 2.79. The average Bonchev–Trinajstić information content (AvgIpc) is 2.95. The quantitative estimate of drug-likeness (QED) is 0.849.